The van der Waals surface area contributed by atoms with Crippen molar-refractivity contribution in [1.29, 1.82) is 0 Å². The molecule has 88 valence electrons. The Labute approximate surface area is 91.8 Å². The SMILES string of the molecule is CC(C)[C@H]1CC[C@@H](C)C[C@@H]1OC(=O)CO. The molecule has 0 aliphatic heterocycles. The Morgan fingerprint density at radius 3 is 2.67 bits per heavy atom. The van der Waals surface area contributed by atoms with E-state index in [0.717, 1.165) is 12.8 Å². The van der Waals surface area contributed by atoms with Crippen LogP contribution in [-0.2, 0) is 9.53 Å². The third-order valence-corrected chi connectivity index (χ3v) is 3.37. The molecular formula is C12H22O3. The molecule has 0 heterocycles. The first kappa shape index (κ1) is 12.5. The maximum Gasteiger partial charge on any atom is 0.332 e. The van der Waals surface area contributed by atoms with Gasteiger partial charge in [0.1, 0.15) is 12.7 Å². The van der Waals surface area contributed by atoms with Crippen LogP contribution in [-0.4, -0.2) is 23.8 Å². The highest BCUT2D eigenvalue weighted by atomic mass is 16.6. The lowest BCUT2D eigenvalue weighted by atomic mass is 9.75. The van der Waals surface area contributed by atoms with Crippen molar-refractivity contribution in [2.75, 3.05) is 6.61 Å². The molecule has 1 aliphatic rings. The standard InChI is InChI=1S/C12H22O3/c1-8(2)10-5-4-9(3)6-11(10)15-12(14)7-13/h8-11,13H,4-7H2,1-3H3/t9-,10-,11+/m1/s1. The molecule has 3 nitrogen and oxygen atoms in total. The van der Waals surface area contributed by atoms with E-state index in [0.29, 0.717) is 17.8 Å². The van der Waals surface area contributed by atoms with E-state index in [-0.39, 0.29) is 6.10 Å². The summed E-state index contributed by atoms with van der Waals surface area (Å²) >= 11 is 0. The van der Waals surface area contributed by atoms with Crippen molar-refractivity contribution in [3.8, 4) is 0 Å². The molecule has 0 unspecified atom stereocenters. The van der Waals surface area contributed by atoms with Gasteiger partial charge in [-0.3, -0.25) is 0 Å². The molecule has 1 fully saturated rings. The second kappa shape index (κ2) is 5.50. The summed E-state index contributed by atoms with van der Waals surface area (Å²) in [7, 11) is 0. The summed E-state index contributed by atoms with van der Waals surface area (Å²) in [6.45, 7) is 6.02. The van der Waals surface area contributed by atoms with Crippen LogP contribution in [0.25, 0.3) is 0 Å². The average molecular weight is 214 g/mol. The number of aliphatic hydroxyl groups is 1. The fourth-order valence-corrected chi connectivity index (χ4v) is 2.46. The Kier molecular flexibility index (Phi) is 4.58. The molecule has 0 aromatic carbocycles. The number of ether oxygens (including phenoxy) is 1. The molecule has 0 saturated heterocycles. The Bertz CT molecular complexity index is 213. The second-order valence-corrected chi connectivity index (χ2v) is 5.01. The van der Waals surface area contributed by atoms with Crippen LogP contribution in [0.3, 0.4) is 0 Å². The summed E-state index contributed by atoms with van der Waals surface area (Å²) in [6.07, 6.45) is 3.29. The van der Waals surface area contributed by atoms with Crippen molar-refractivity contribution in [3.63, 3.8) is 0 Å². The lowest BCUT2D eigenvalue weighted by Crippen LogP contribution is -2.36. The zero-order chi connectivity index (χ0) is 11.4. The van der Waals surface area contributed by atoms with E-state index >= 15 is 0 Å². The highest BCUT2D eigenvalue weighted by Gasteiger charge is 2.33. The maximum absolute atomic E-state index is 11.1. The normalized spacial score (nSPS) is 31.7. The van der Waals surface area contributed by atoms with Gasteiger partial charge in [0.25, 0.3) is 0 Å². The molecule has 0 aromatic heterocycles. The lowest BCUT2D eigenvalue weighted by molar-refractivity contribution is -0.159. The first-order chi connectivity index (χ1) is 7.04. The van der Waals surface area contributed by atoms with Crippen molar-refractivity contribution in [2.24, 2.45) is 17.8 Å². The molecule has 1 saturated carbocycles. The topological polar surface area (TPSA) is 46.5 Å². The Morgan fingerprint density at radius 1 is 1.47 bits per heavy atom. The fourth-order valence-electron chi connectivity index (χ4n) is 2.46. The van der Waals surface area contributed by atoms with E-state index in [1.165, 1.54) is 6.42 Å². The van der Waals surface area contributed by atoms with Crippen LogP contribution in [0.1, 0.15) is 40.0 Å². The minimum Gasteiger partial charge on any atom is -0.460 e. The zero-order valence-corrected chi connectivity index (χ0v) is 9.90. The van der Waals surface area contributed by atoms with Gasteiger partial charge in [0.05, 0.1) is 0 Å². The van der Waals surface area contributed by atoms with Gasteiger partial charge in [-0.2, -0.15) is 0 Å². The van der Waals surface area contributed by atoms with Crippen LogP contribution in [0.5, 0.6) is 0 Å². The summed E-state index contributed by atoms with van der Waals surface area (Å²) in [5.74, 6) is 1.13. The van der Waals surface area contributed by atoms with Gasteiger partial charge in [-0.25, -0.2) is 4.79 Å². The van der Waals surface area contributed by atoms with Gasteiger partial charge < -0.3 is 9.84 Å². The molecular weight excluding hydrogens is 192 g/mol. The van der Waals surface area contributed by atoms with Crippen LogP contribution < -0.4 is 0 Å². The molecule has 3 heteroatoms. The van der Waals surface area contributed by atoms with Crippen LogP contribution >= 0.6 is 0 Å². The first-order valence-corrected chi connectivity index (χ1v) is 5.85. The van der Waals surface area contributed by atoms with Crippen molar-refractivity contribution < 1.29 is 14.6 Å². The van der Waals surface area contributed by atoms with Crippen molar-refractivity contribution in [1.82, 2.24) is 0 Å². The highest BCUT2D eigenvalue weighted by molar-refractivity contribution is 5.70. The predicted molar refractivity (Wildman–Crippen MR) is 58.3 cm³/mol. The van der Waals surface area contributed by atoms with Gasteiger partial charge in [-0.05, 0) is 30.6 Å². The van der Waals surface area contributed by atoms with E-state index in [2.05, 4.69) is 20.8 Å². The summed E-state index contributed by atoms with van der Waals surface area (Å²) in [5, 5.41) is 8.68. The number of rotatable bonds is 3. The third kappa shape index (κ3) is 3.49. The molecule has 0 aromatic rings. The van der Waals surface area contributed by atoms with E-state index in [1.807, 2.05) is 0 Å². The van der Waals surface area contributed by atoms with Crippen molar-refractivity contribution in [2.45, 2.75) is 46.1 Å². The Balaban J connectivity index is 2.57. The molecule has 3 atom stereocenters. The third-order valence-electron chi connectivity index (χ3n) is 3.37. The van der Waals surface area contributed by atoms with Gasteiger partial charge in [-0.1, -0.05) is 27.2 Å². The minimum absolute atomic E-state index is 0.00778. The smallest absolute Gasteiger partial charge is 0.332 e. The maximum atomic E-state index is 11.1. The highest BCUT2D eigenvalue weighted by Crippen LogP contribution is 2.35. The molecule has 1 aliphatic carbocycles. The van der Waals surface area contributed by atoms with E-state index in [9.17, 15) is 4.79 Å². The summed E-state index contributed by atoms with van der Waals surface area (Å²) in [5.41, 5.74) is 0. The van der Waals surface area contributed by atoms with E-state index in [1.54, 1.807) is 0 Å². The van der Waals surface area contributed by atoms with Gasteiger partial charge in [0.2, 0.25) is 0 Å². The summed E-state index contributed by atoms with van der Waals surface area (Å²) in [4.78, 5) is 11.1. The number of aliphatic hydroxyl groups excluding tert-OH is 1. The molecule has 0 radical (unpaired) electrons. The van der Waals surface area contributed by atoms with Crippen LogP contribution in [0.4, 0.5) is 0 Å². The Hall–Kier alpha value is -0.570. The number of esters is 1. The summed E-state index contributed by atoms with van der Waals surface area (Å²) in [6, 6.07) is 0. The molecule has 0 spiro atoms. The molecule has 0 amide bonds. The van der Waals surface area contributed by atoms with Gasteiger partial charge in [-0.15, -0.1) is 0 Å². The number of carbonyl (C=O) groups excluding carboxylic acids is 1. The minimum atomic E-state index is -0.504. The Morgan fingerprint density at radius 2 is 2.13 bits per heavy atom. The van der Waals surface area contributed by atoms with Gasteiger partial charge in [0, 0.05) is 0 Å². The number of hydrogen-bond donors (Lipinski definition) is 1. The molecule has 1 rings (SSSR count). The van der Waals surface area contributed by atoms with E-state index < -0.39 is 12.6 Å². The molecule has 1 N–H and O–H groups in total. The molecule has 15 heavy (non-hydrogen) atoms. The first-order valence-electron chi connectivity index (χ1n) is 5.85. The zero-order valence-electron chi connectivity index (χ0n) is 9.90. The van der Waals surface area contributed by atoms with Crippen LogP contribution in [0, 0.1) is 17.8 Å². The number of hydrogen-bond acceptors (Lipinski definition) is 3. The quantitative estimate of drug-likeness (QED) is 0.731. The number of carbonyl (C=O) groups is 1. The molecule has 0 bridgehead atoms. The van der Waals surface area contributed by atoms with E-state index in [4.69, 9.17) is 9.84 Å². The van der Waals surface area contributed by atoms with Crippen molar-refractivity contribution in [3.05, 3.63) is 0 Å². The van der Waals surface area contributed by atoms with Crippen LogP contribution in [0.2, 0.25) is 0 Å². The van der Waals surface area contributed by atoms with Crippen LogP contribution in [0.15, 0.2) is 0 Å². The largest absolute Gasteiger partial charge is 0.460 e. The van der Waals surface area contributed by atoms with Gasteiger partial charge in [0.15, 0.2) is 0 Å². The van der Waals surface area contributed by atoms with Crippen molar-refractivity contribution >= 4 is 5.97 Å². The fraction of sp³-hybridized carbons (Fsp3) is 0.917. The lowest BCUT2D eigenvalue weighted by Gasteiger charge is -2.36. The monoisotopic (exact) mass is 214 g/mol. The average Bonchev–Trinajstić information content (AvgIpc) is 2.17. The predicted octanol–water partition coefficient (Wildman–Crippen LogP) is 1.98. The summed E-state index contributed by atoms with van der Waals surface area (Å²) < 4.78 is 5.30. The van der Waals surface area contributed by atoms with Gasteiger partial charge >= 0.3 is 5.97 Å². The second-order valence-electron chi connectivity index (χ2n) is 5.01.